The van der Waals surface area contributed by atoms with Gasteiger partial charge in [0.1, 0.15) is 11.5 Å². The van der Waals surface area contributed by atoms with E-state index in [2.05, 4.69) is 20.9 Å². The zero-order valence-corrected chi connectivity index (χ0v) is 15.6. The molecular weight excluding hydrogens is 361 g/mol. The van der Waals surface area contributed by atoms with Crippen LogP contribution in [0.3, 0.4) is 0 Å². The van der Waals surface area contributed by atoms with E-state index in [1.54, 1.807) is 23.5 Å². The monoisotopic (exact) mass is 381 g/mol. The summed E-state index contributed by atoms with van der Waals surface area (Å²) < 4.78 is 15.7. The molecule has 4 heterocycles. The molecule has 3 aromatic rings. The van der Waals surface area contributed by atoms with Gasteiger partial charge in [-0.25, -0.2) is 4.39 Å². The second-order valence-electron chi connectivity index (χ2n) is 7.27. The van der Waals surface area contributed by atoms with Crippen molar-refractivity contribution in [1.82, 2.24) is 14.4 Å². The number of aromatic nitrogens is 1. The highest BCUT2D eigenvalue weighted by atomic mass is 32.1. The molecule has 0 radical (unpaired) electrons. The number of benzene rings is 1. The van der Waals surface area contributed by atoms with E-state index >= 15 is 0 Å². The highest BCUT2D eigenvalue weighted by Gasteiger charge is 2.44. The topological polar surface area (TPSA) is 28.5 Å². The molecule has 2 aliphatic heterocycles. The molecule has 2 aromatic heterocycles. The molecule has 1 aromatic carbocycles. The van der Waals surface area contributed by atoms with E-state index in [9.17, 15) is 9.18 Å². The van der Waals surface area contributed by atoms with Crippen LogP contribution in [0.4, 0.5) is 4.39 Å². The third kappa shape index (κ3) is 2.99. The third-order valence-corrected chi connectivity index (χ3v) is 6.41. The lowest BCUT2D eigenvalue weighted by Crippen LogP contribution is -2.49. The molecule has 1 amide bonds. The summed E-state index contributed by atoms with van der Waals surface area (Å²) in [6, 6.07) is 15.1. The van der Waals surface area contributed by atoms with Crippen molar-refractivity contribution >= 4 is 17.2 Å². The number of carbonyl (C=O) groups is 1. The number of amides is 1. The third-order valence-electron chi connectivity index (χ3n) is 5.55. The van der Waals surface area contributed by atoms with Crippen LogP contribution < -0.4 is 0 Å². The van der Waals surface area contributed by atoms with E-state index in [0.717, 1.165) is 24.3 Å². The maximum Gasteiger partial charge on any atom is 0.271 e. The number of hydrogen-bond acceptors (Lipinski definition) is 3. The Kier molecular flexibility index (Phi) is 4.10. The number of likely N-dealkylation sites (tertiary alicyclic amines) is 1. The van der Waals surface area contributed by atoms with E-state index < -0.39 is 0 Å². The van der Waals surface area contributed by atoms with E-state index in [1.807, 2.05) is 35.4 Å². The lowest BCUT2D eigenvalue weighted by atomic mass is 10.1. The number of nitrogens with zero attached hydrogens (tertiary/aromatic N) is 3. The first kappa shape index (κ1) is 16.7. The number of hydrogen-bond donors (Lipinski definition) is 0. The van der Waals surface area contributed by atoms with Crippen molar-refractivity contribution < 1.29 is 9.18 Å². The van der Waals surface area contributed by atoms with Gasteiger partial charge < -0.3 is 9.47 Å². The van der Waals surface area contributed by atoms with Crippen molar-refractivity contribution in [2.24, 2.45) is 0 Å². The van der Waals surface area contributed by atoms with Crippen LogP contribution >= 0.6 is 11.3 Å². The Morgan fingerprint density at radius 1 is 1.04 bits per heavy atom. The largest absolute Gasteiger partial charge is 0.337 e. The molecule has 2 atom stereocenters. The summed E-state index contributed by atoms with van der Waals surface area (Å²) in [5.74, 6) is -0.103. The first-order valence-corrected chi connectivity index (χ1v) is 10.0. The van der Waals surface area contributed by atoms with Crippen molar-refractivity contribution in [1.29, 1.82) is 0 Å². The van der Waals surface area contributed by atoms with Crippen molar-refractivity contribution in [3.05, 3.63) is 82.1 Å². The first-order chi connectivity index (χ1) is 13.2. The molecule has 0 N–H and O–H groups in total. The van der Waals surface area contributed by atoms with Crippen molar-refractivity contribution in [2.45, 2.75) is 25.2 Å². The van der Waals surface area contributed by atoms with Crippen LogP contribution in [0.2, 0.25) is 0 Å². The zero-order chi connectivity index (χ0) is 18.4. The molecule has 27 heavy (non-hydrogen) atoms. The number of halogens is 1. The summed E-state index contributed by atoms with van der Waals surface area (Å²) in [5, 5.41) is 2.05. The van der Waals surface area contributed by atoms with E-state index in [4.69, 9.17) is 0 Å². The second kappa shape index (κ2) is 6.62. The SMILES string of the molecule is O=C1c2cccn2C2CN(Cc3cccc(F)c3)CC2N1Cc1cccs1. The normalized spacial score (nSPS) is 22.1. The number of carbonyl (C=O) groups excluding carboxylic acids is 1. The Balaban J connectivity index is 1.43. The van der Waals surface area contributed by atoms with Crippen molar-refractivity contribution in [3.8, 4) is 0 Å². The number of fused-ring (bicyclic) bond motifs is 3. The predicted molar refractivity (Wildman–Crippen MR) is 103 cm³/mol. The van der Waals surface area contributed by atoms with Crippen LogP contribution in [-0.4, -0.2) is 39.4 Å². The molecular formula is C21H20FN3OS. The molecule has 138 valence electrons. The van der Waals surface area contributed by atoms with Gasteiger partial charge in [-0.05, 0) is 41.3 Å². The van der Waals surface area contributed by atoms with Gasteiger partial charge in [-0.3, -0.25) is 9.69 Å². The number of thiophene rings is 1. The number of rotatable bonds is 4. The molecule has 5 rings (SSSR count). The molecule has 0 spiro atoms. The average molecular weight is 381 g/mol. The summed E-state index contributed by atoms with van der Waals surface area (Å²) in [7, 11) is 0. The fraction of sp³-hybridized carbons (Fsp3) is 0.286. The lowest BCUT2D eigenvalue weighted by Gasteiger charge is -2.38. The second-order valence-corrected chi connectivity index (χ2v) is 8.30. The minimum atomic E-state index is -0.202. The Morgan fingerprint density at radius 2 is 1.93 bits per heavy atom. The Hall–Kier alpha value is -2.44. The Morgan fingerprint density at radius 3 is 2.74 bits per heavy atom. The molecule has 2 unspecified atom stereocenters. The molecule has 4 nitrogen and oxygen atoms in total. The summed E-state index contributed by atoms with van der Waals surface area (Å²) in [6.45, 7) is 3.01. The van der Waals surface area contributed by atoms with Crippen LogP contribution in [0.25, 0.3) is 0 Å². The smallest absolute Gasteiger partial charge is 0.271 e. The highest BCUT2D eigenvalue weighted by molar-refractivity contribution is 7.09. The van der Waals surface area contributed by atoms with E-state index in [1.165, 1.54) is 10.9 Å². The quantitative estimate of drug-likeness (QED) is 0.688. The van der Waals surface area contributed by atoms with Crippen LogP contribution in [0.15, 0.2) is 60.1 Å². The van der Waals surface area contributed by atoms with Gasteiger partial charge in [0.25, 0.3) is 5.91 Å². The zero-order valence-electron chi connectivity index (χ0n) is 14.8. The Bertz CT molecular complexity index is 967. The average Bonchev–Trinajstić information content (AvgIpc) is 3.38. The predicted octanol–water partition coefficient (Wildman–Crippen LogP) is 3.77. The molecule has 0 aliphatic carbocycles. The summed E-state index contributed by atoms with van der Waals surface area (Å²) in [6.07, 6.45) is 2.01. The summed E-state index contributed by atoms with van der Waals surface area (Å²) >= 11 is 1.69. The van der Waals surface area contributed by atoms with Gasteiger partial charge in [-0.2, -0.15) is 0 Å². The maximum atomic E-state index is 13.5. The van der Waals surface area contributed by atoms with Crippen LogP contribution in [0, 0.1) is 5.82 Å². The molecule has 0 bridgehead atoms. The van der Waals surface area contributed by atoms with Gasteiger partial charge in [0.15, 0.2) is 0 Å². The minimum absolute atomic E-state index is 0.0993. The fourth-order valence-corrected chi connectivity index (χ4v) is 5.07. The van der Waals surface area contributed by atoms with E-state index in [-0.39, 0.29) is 23.8 Å². The maximum absolute atomic E-state index is 13.5. The molecule has 6 heteroatoms. The first-order valence-electron chi connectivity index (χ1n) is 9.16. The van der Waals surface area contributed by atoms with Gasteiger partial charge >= 0.3 is 0 Å². The minimum Gasteiger partial charge on any atom is -0.337 e. The van der Waals surface area contributed by atoms with Gasteiger partial charge in [-0.1, -0.05) is 18.2 Å². The van der Waals surface area contributed by atoms with Gasteiger partial charge in [0, 0.05) is 30.7 Å². The van der Waals surface area contributed by atoms with Crippen LogP contribution in [0.1, 0.15) is 27.0 Å². The fourth-order valence-electron chi connectivity index (χ4n) is 4.37. The van der Waals surface area contributed by atoms with Gasteiger partial charge in [0.2, 0.25) is 0 Å². The van der Waals surface area contributed by atoms with E-state index in [0.29, 0.717) is 13.1 Å². The van der Waals surface area contributed by atoms with Crippen LogP contribution in [0.5, 0.6) is 0 Å². The molecule has 1 saturated heterocycles. The Labute approximate surface area is 161 Å². The highest BCUT2D eigenvalue weighted by Crippen LogP contribution is 2.35. The van der Waals surface area contributed by atoms with Crippen molar-refractivity contribution in [3.63, 3.8) is 0 Å². The van der Waals surface area contributed by atoms with Gasteiger partial charge in [-0.15, -0.1) is 11.3 Å². The summed E-state index contributed by atoms with van der Waals surface area (Å²) in [4.78, 5) is 18.7. The molecule has 1 fully saturated rings. The van der Waals surface area contributed by atoms with Crippen molar-refractivity contribution in [2.75, 3.05) is 13.1 Å². The van der Waals surface area contributed by atoms with Gasteiger partial charge in [0.05, 0.1) is 18.6 Å². The lowest BCUT2D eigenvalue weighted by molar-refractivity contribution is 0.0559. The molecule has 0 saturated carbocycles. The summed E-state index contributed by atoms with van der Waals surface area (Å²) in [5.41, 5.74) is 1.73. The standard InChI is InChI=1S/C21H20FN3OS/c22-16-5-1-4-15(10-16)11-23-13-19-20(14-23)25(12-17-6-3-9-27-17)21(26)18-7-2-8-24(18)19/h1-10,19-20H,11-14H2. The van der Waals surface area contributed by atoms with Crippen LogP contribution in [-0.2, 0) is 13.1 Å². The molecule has 2 aliphatic rings.